The molecule has 1 atom stereocenters. The Morgan fingerprint density at radius 2 is 1.62 bits per heavy atom. The van der Waals surface area contributed by atoms with Gasteiger partial charge in [0.2, 0.25) is 15.9 Å². The number of amides is 1. The van der Waals surface area contributed by atoms with Gasteiger partial charge in [-0.2, -0.15) is 0 Å². The maximum Gasteiger partial charge on any atom is 0.240 e. The minimum absolute atomic E-state index is 0.0453. The zero-order valence-electron chi connectivity index (χ0n) is 16.1. The Labute approximate surface area is 179 Å². The van der Waals surface area contributed by atoms with Crippen molar-refractivity contribution in [3.63, 3.8) is 0 Å². The fourth-order valence-electron chi connectivity index (χ4n) is 3.54. The molecule has 0 unspecified atom stereocenters. The average molecular weight is 483 g/mol. The summed E-state index contributed by atoms with van der Waals surface area (Å²) in [6.45, 7) is 1.86. The number of halogens is 2. The maximum absolute atomic E-state index is 13.0. The summed E-state index contributed by atoms with van der Waals surface area (Å²) < 4.78 is 41.7. The zero-order chi connectivity index (χ0) is 21.0. The average Bonchev–Trinajstić information content (AvgIpc) is 2.69. The van der Waals surface area contributed by atoms with Crippen molar-refractivity contribution >= 4 is 31.9 Å². The highest BCUT2D eigenvalue weighted by molar-refractivity contribution is 9.10. The topological polar surface area (TPSA) is 75.3 Å². The standard InChI is InChI=1S/C21H24BrFN2O3S/c1-14(15-2-8-18(23)9-3-15)24-21(26)16-4-10-19(11-5-16)25-29(27,28)20-12-6-17(22)7-13-20/h2-3,6-9,12-14,16,19,25H,4-5,10-11H2,1H3,(H,24,26)/t14-,16-,19-/m1/s1. The molecule has 0 aliphatic heterocycles. The Balaban J connectivity index is 1.51. The first-order valence-electron chi connectivity index (χ1n) is 9.58. The minimum Gasteiger partial charge on any atom is -0.349 e. The Hall–Kier alpha value is -1.77. The van der Waals surface area contributed by atoms with Crippen molar-refractivity contribution in [3.8, 4) is 0 Å². The molecule has 1 aliphatic rings. The molecule has 29 heavy (non-hydrogen) atoms. The lowest BCUT2D eigenvalue weighted by molar-refractivity contribution is -0.126. The van der Waals surface area contributed by atoms with E-state index < -0.39 is 10.0 Å². The molecule has 1 aliphatic carbocycles. The third-order valence-corrected chi connectivity index (χ3v) is 7.34. The second kappa shape index (κ2) is 9.36. The van der Waals surface area contributed by atoms with Crippen LogP contribution >= 0.6 is 15.9 Å². The molecule has 2 N–H and O–H groups in total. The number of carbonyl (C=O) groups excluding carboxylic acids is 1. The van der Waals surface area contributed by atoms with E-state index in [1.165, 1.54) is 12.1 Å². The third-order valence-electron chi connectivity index (χ3n) is 5.27. The van der Waals surface area contributed by atoms with Crippen molar-refractivity contribution in [2.45, 2.75) is 49.6 Å². The molecule has 0 bridgehead atoms. The number of sulfonamides is 1. The van der Waals surface area contributed by atoms with Crippen LogP contribution in [0.3, 0.4) is 0 Å². The molecular weight excluding hydrogens is 459 g/mol. The summed E-state index contributed by atoms with van der Waals surface area (Å²) in [6, 6.07) is 12.2. The zero-order valence-corrected chi connectivity index (χ0v) is 18.5. The van der Waals surface area contributed by atoms with Gasteiger partial charge in [-0.15, -0.1) is 0 Å². The molecule has 0 spiro atoms. The first-order valence-corrected chi connectivity index (χ1v) is 11.9. The van der Waals surface area contributed by atoms with Crippen LogP contribution in [0.15, 0.2) is 57.9 Å². The van der Waals surface area contributed by atoms with Crippen molar-refractivity contribution in [1.29, 1.82) is 0 Å². The van der Waals surface area contributed by atoms with Gasteiger partial charge in [0.25, 0.3) is 0 Å². The van der Waals surface area contributed by atoms with E-state index in [4.69, 9.17) is 0 Å². The van der Waals surface area contributed by atoms with Gasteiger partial charge in [0.05, 0.1) is 10.9 Å². The Kier molecular flexibility index (Phi) is 7.08. The number of hydrogen-bond acceptors (Lipinski definition) is 3. The van der Waals surface area contributed by atoms with Crippen LogP contribution in [0.2, 0.25) is 0 Å². The molecule has 1 saturated carbocycles. The predicted octanol–water partition coefficient (Wildman–Crippen LogP) is 4.30. The van der Waals surface area contributed by atoms with E-state index in [-0.39, 0.29) is 34.6 Å². The predicted molar refractivity (Wildman–Crippen MR) is 113 cm³/mol. The fraction of sp³-hybridized carbons (Fsp3) is 0.381. The van der Waals surface area contributed by atoms with Gasteiger partial charge in [-0.05, 0) is 74.6 Å². The molecule has 8 heteroatoms. The van der Waals surface area contributed by atoms with Crippen molar-refractivity contribution in [2.24, 2.45) is 5.92 Å². The molecule has 0 heterocycles. The number of rotatable bonds is 6. The molecule has 0 aromatic heterocycles. The van der Waals surface area contributed by atoms with E-state index in [2.05, 4.69) is 26.0 Å². The van der Waals surface area contributed by atoms with Gasteiger partial charge in [-0.1, -0.05) is 28.1 Å². The normalized spacial score (nSPS) is 20.8. The molecule has 0 radical (unpaired) electrons. The SMILES string of the molecule is C[C@@H](NC(=O)[C@H]1CC[C@H](NS(=O)(=O)c2ccc(Br)cc2)CC1)c1ccc(F)cc1. The summed E-state index contributed by atoms with van der Waals surface area (Å²) in [5.41, 5.74) is 0.843. The Bertz CT molecular complexity index is 941. The van der Waals surface area contributed by atoms with Crippen LogP contribution in [0.25, 0.3) is 0 Å². The highest BCUT2D eigenvalue weighted by atomic mass is 79.9. The lowest BCUT2D eigenvalue weighted by Crippen LogP contribution is -2.41. The first kappa shape index (κ1) is 21.9. The molecule has 5 nitrogen and oxygen atoms in total. The number of benzene rings is 2. The molecule has 0 saturated heterocycles. The Morgan fingerprint density at radius 3 is 2.21 bits per heavy atom. The van der Waals surface area contributed by atoms with Crippen molar-refractivity contribution in [2.75, 3.05) is 0 Å². The van der Waals surface area contributed by atoms with Crippen LogP contribution in [0, 0.1) is 11.7 Å². The quantitative estimate of drug-likeness (QED) is 0.644. The third kappa shape index (κ3) is 5.87. The minimum atomic E-state index is -3.57. The molecule has 1 amide bonds. The van der Waals surface area contributed by atoms with Gasteiger partial charge in [0, 0.05) is 16.4 Å². The van der Waals surface area contributed by atoms with Crippen LogP contribution in [0.1, 0.15) is 44.2 Å². The summed E-state index contributed by atoms with van der Waals surface area (Å²) in [5.74, 6) is -0.501. The molecular formula is C21H24BrFN2O3S. The summed E-state index contributed by atoms with van der Waals surface area (Å²) in [6.07, 6.45) is 2.46. The molecule has 2 aromatic carbocycles. The number of nitrogens with one attached hydrogen (secondary N) is 2. The highest BCUT2D eigenvalue weighted by Crippen LogP contribution is 2.27. The van der Waals surface area contributed by atoms with Gasteiger partial charge >= 0.3 is 0 Å². The van der Waals surface area contributed by atoms with Crippen LogP contribution in [0.5, 0.6) is 0 Å². The number of hydrogen-bond donors (Lipinski definition) is 2. The van der Waals surface area contributed by atoms with E-state index >= 15 is 0 Å². The largest absolute Gasteiger partial charge is 0.349 e. The molecule has 3 rings (SSSR count). The monoisotopic (exact) mass is 482 g/mol. The smallest absolute Gasteiger partial charge is 0.240 e. The van der Waals surface area contributed by atoms with Crippen molar-refractivity contribution in [3.05, 3.63) is 64.4 Å². The molecule has 1 fully saturated rings. The van der Waals surface area contributed by atoms with Gasteiger partial charge in [0.15, 0.2) is 0 Å². The van der Waals surface area contributed by atoms with E-state index in [1.807, 2.05) is 6.92 Å². The summed E-state index contributed by atoms with van der Waals surface area (Å²) in [7, 11) is -3.57. The maximum atomic E-state index is 13.0. The van der Waals surface area contributed by atoms with E-state index in [1.54, 1.807) is 36.4 Å². The van der Waals surface area contributed by atoms with E-state index in [0.29, 0.717) is 25.7 Å². The van der Waals surface area contributed by atoms with E-state index in [0.717, 1.165) is 10.0 Å². The lowest BCUT2D eigenvalue weighted by atomic mass is 9.85. The summed E-state index contributed by atoms with van der Waals surface area (Å²) in [4.78, 5) is 12.8. The van der Waals surface area contributed by atoms with Crippen molar-refractivity contribution in [1.82, 2.24) is 10.0 Å². The van der Waals surface area contributed by atoms with Crippen LogP contribution < -0.4 is 10.0 Å². The second-order valence-corrected chi connectivity index (χ2v) is 10.0. The second-order valence-electron chi connectivity index (χ2n) is 7.41. The van der Waals surface area contributed by atoms with Crippen LogP contribution in [-0.4, -0.2) is 20.4 Å². The highest BCUT2D eigenvalue weighted by Gasteiger charge is 2.29. The van der Waals surface area contributed by atoms with Gasteiger partial charge in [0.1, 0.15) is 5.82 Å². The fourth-order valence-corrected chi connectivity index (χ4v) is 5.11. The summed E-state index contributed by atoms with van der Waals surface area (Å²) in [5, 5.41) is 2.98. The van der Waals surface area contributed by atoms with Crippen molar-refractivity contribution < 1.29 is 17.6 Å². The van der Waals surface area contributed by atoms with Gasteiger partial charge in [-0.25, -0.2) is 17.5 Å². The summed E-state index contributed by atoms with van der Waals surface area (Å²) >= 11 is 3.30. The first-order chi connectivity index (χ1) is 13.7. The van der Waals surface area contributed by atoms with E-state index in [9.17, 15) is 17.6 Å². The molecule has 2 aromatic rings. The molecule has 156 valence electrons. The van der Waals surface area contributed by atoms with Crippen LogP contribution in [0.4, 0.5) is 4.39 Å². The number of carbonyl (C=O) groups is 1. The lowest BCUT2D eigenvalue weighted by Gasteiger charge is -2.29. The Morgan fingerprint density at radius 1 is 1.03 bits per heavy atom. The van der Waals surface area contributed by atoms with Crippen LogP contribution in [-0.2, 0) is 14.8 Å². The van der Waals surface area contributed by atoms with Gasteiger partial charge < -0.3 is 5.32 Å². The van der Waals surface area contributed by atoms with Gasteiger partial charge in [-0.3, -0.25) is 4.79 Å².